The number of aromatic nitrogens is 1. The van der Waals surface area contributed by atoms with Crippen molar-refractivity contribution < 1.29 is 8.78 Å². The van der Waals surface area contributed by atoms with Crippen LogP contribution in [0.1, 0.15) is 18.4 Å². The third-order valence-electron chi connectivity index (χ3n) is 2.36. The number of nitrogens with two attached hydrogens (primary N) is 1. The first-order valence-corrected chi connectivity index (χ1v) is 6.14. The molecule has 2 N–H and O–H groups in total. The second-order valence-electron chi connectivity index (χ2n) is 3.67. The molecule has 2 aromatic rings. The number of rotatable bonds is 3. The van der Waals surface area contributed by atoms with Crippen LogP contribution in [0.25, 0.3) is 11.3 Å². The number of nitrogens with zero attached hydrogens (tertiary/aromatic N) is 1. The molecule has 0 aliphatic heterocycles. The molecule has 0 fully saturated rings. The second kappa shape index (κ2) is 4.79. The summed E-state index contributed by atoms with van der Waals surface area (Å²) in [5.41, 5.74) is 5.85. The molecule has 0 aliphatic carbocycles. The molecule has 1 aromatic heterocycles. The SMILES string of the molecule is CCCc1nc(-c2c(F)cccc2F)c(N)s1. The van der Waals surface area contributed by atoms with Crippen molar-refractivity contribution in [3.05, 3.63) is 34.8 Å². The fourth-order valence-corrected chi connectivity index (χ4v) is 2.54. The molecule has 0 atom stereocenters. The van der Waals surface area contributed by atoms with Crippen LogP contribution in [-0.4, -0.2) is 4.98 Å². The highest BCUT2D eigenvalue weighted by Gasteiger charge is 2.17. The summed E-state index contributed by atoms with van der Waals surface area (Å²) in [5.74, 6) is -1.27. The Bertz CT molecular complexity index is 517. The van der Waals surface area contributed by atoms with Crippen molar-refractivity contribution in [1.82, 2.24) is 4.98 Å². The van der Waals surface area contributed by atoms with Crippen molar-refractivity contribution in [2.45, 2.75) is 19.8 Å². The maximum Gasteiger partial charge on any atom is 0.135 e. The molecular weight excluding hydrogens is 242 g/mol. The van der Waals surface area contributed by atoms with Gasteiger partial charge < -0.3 is 5.73 Å². The fourth-order valence-electron chi connectivity index (χ4n) is 1.60. The Kier molecular flexibility index (Phi) is 3.38. The molecule has 17 heavy (non-hydrogen) atoms. The fraction of sp³-hybridized carbons (Fsp3) is 0.250. The molecule has 0 saturated carbocycles. The van der Waals surface area contributed by atoms with E-state index in [0.29, 0.717) is 5.00 Å². The summed E-state index contributed by atoms with van der Waals surface area (Å²) < 4.78 is 27.2. The number of halogens is 2. The normalized spacial score (nSPS) is 10.8. The molecule has 0 bridgehead atoms. The predicted molar refractivity (Wildman–Crippen MR) is 65.9 cm³/mol. The van der Waals surface area contributed by atoms with Crippen LogP contribution in [-0.2, 0) is 6.42 Å². The van der Waals surface area contributed by atoms with Gasteiger partial charge >= 0.3 is 0 Å². The largest absolute Gasteiger partial charge is 0.389 e. The van der Waals surface area contributed by atoms with Crippen molar-refractivity contribution in [1.29, 1.82) is 0 Å². The Hall–Kier alpha value is -1.49. The van der Waals surface area contributed by atoms with Gasteiger partial charge in [-0.1, -0.05) is 13.0 Å². The maximum atomic E-state index is 13.6. The van der Waals surface area contributed by atoms with Gasteiger partial charge in [0.05, 0.1) is 10.6 Å². The Morgan fingerprint density at radius 3 is 2.53 bits per heavy atom. The number of nitrogen functional groups attached to an aromatic ring is 1. The molecule has 5 heteroatoms. The molecule has 0 unspecified atom stereocenters. The van der Waals surface area contributed by atoms with Crippen LogP contribution in [0.3, 0.4) is 0 Å². The van der Waals surface area contributed by atoms with Crippen molar-refractivity contribution in [3.8, 4) is 11.3 Å². The molecule has 1 aromatic carbocycles. The van der Waals surface area contributed by atoms with E-state index in [1.54, 1.807) is 0 Å². The highest BCUT2D eigenvalue weighted by Crippen LogP contribution is 2.34. The number of hydrogen-bond donors (Lipinski definition) is 1. The van der Waals surface area contributed by atoms with Gasteiger partial charge in [0.1, 0.15) is 22.3 Å². The molecule has 90 valence electrons. The van der Waals surface area contributed by atoms with E-state index in [2.05, 4.69) is 4.98 Å². The van der Waals surface area contributed by atoms with E-state index in [1.165, 1.54) is 29.5 Å². The first kappa shape index (κ1) is 12.0. The molecule has 2 nitrogen and oxygen atoms in total. The smallest absolute Gasteiger partial charge is 0.135 e. The van der Waals surface area contributed by atoms with Gasteiger partial charge in [0, 0.05) is 0 Å². The summed E-state index contributed by atoms with van der Waals surface area (Å²) in [7, 11) is 0. The summed E-state index contributed by atoms with van der Waals surface area (Å²) in [5, 5.41) is 1.17. The van der Waals surface area contributed by atoms with E-state index in [-0.39, 0.29) is 11.3 Å². The van der Waals surface area contributed by atoms with Gasteiger partial charge in [0.25, 0.3) is 0 Å². The van der Waals surface area contributed by atoms with Crippen molar-refractivity contribution >= 4 is 16.3 Å². The summed E-state index contributed by atoms with van der Waals surface area (Å²) in [6, 6.07) is 3.73. The van der Waals surface area contributed by atoms with Crippen LogP contribution in [0.5, 0.6) is 0 Å². The number of benzene rings is 1. The quantitative estimate of drug-likeness (QED) is 0.908. The van der Waals surface area contributed by atoms with E-state index in [0.717, 1.165) is 17.8 Å². The third-order valence-corrected chi connectivity index (χ3v) is 3.31. The minimum Gasteiger partial charge on any atom is -0.389 e. The average molecular weight is 254 g/mol. The van der Waals surface area contributed by atoms with Crippen LogP contribution >= 0.6 is 11.3 Å². The van der Waals surface area contributed by atoms with Gasteiger partial charge in [0.2, 0.25) is 0 Å². The van der Waals surface area contributed by atoms with E-state index in [4.69, 9.17) is 5.73 Å². The van der Waals surface area contributed by atoms with Crippen molar-refractivity contribution in [2.24, 2.45) is 0 Å². The Morgan fingerprint density at radius 2 is 1.94 bits per heavy atom. The lowest BCUT2D eigenvalue weighted by Gasteiger charge is -2.02. The first-order chi connectivity index (χ1) is 8.13. The zero-order valence-corrected chi connectivity index (χ0v) is 10.2. The monoisotopic (exact) mass is 254 g/mol. The standard InChI is InChI=1S/C12H12F2N2S/c1-2-4-9-16-11(12(15)17-9)10-7(13)5-3-6-8(10)14/h3,5-6H,2,4,15H2,1H3. The van der Waals surface area contributed by atoms with Crippen LogP contribution in [0.15, 0.2) is 18.2 Å². The molecule has 2 rings (SSSR count). The van der Waals surface area contributed by atoms with Crippen molar-refractivity contribution in [3.63, 3.8) is 0 Å². The van der Waals surface area contributed by atoms with Gasteiger partial charge in [0.15, 0.2) is 0 Å². The number of aryl methyl sites for hydroxylation is 1. The number of thiazole rings is 1. The minimum absolute atomic E-state index is 0.136. The van der Waals surface area contributed by atoms with E-state index >= 15 is 0 Å². The van der Waals surface area contributed by atoms with Gasteiger partial charge in [-0.05, 0) is 25.0 Å². The number of hydrogen-bond acceptors (Lipinski definition) is 3. The molecule has 0 saturated heterocycles. The lowest BCUT2D eigenvalue weighted by atomic mass is 10.1. The summed E-state index contributed by atoms with van der Waals surface area (Å²) >= 11 is 1.28. The zero-order chi connectivity index (χ0) is 12.4. The van der Waals surface area contributed by atoms with E-state index < -0.39 is 11.6 Å². The first-order valence-electron chi connectivity index (χ1n) is 5.33. The Balaban J connectivity index is 2.52. The van der Waals surface area contributed by atoms with Gasteiger partial charge in [-0.2, -0.15) is 0 Å². The number of anilines is 1. The summed E-state index contributed by atoms with van der Waals surface area (Å²) in [4.78, 5) is 4.20. The van der Waals surface area contributed by atoms with Crippen molar-refractivity contribution in [2.75, 3.05) is 5.73 Å². The topological polar surface area (TPSA) is 38.9 Å². The predicted octanol–water partition coefficient (Wildman–Crippen LogP) is 3.62. The highest BCUT2D eigenvalue weighted by molar-refractivity contribution is 7.16. The summed E-state index contributed by atoms with van der Waals surface area (Å²) in [6.45, 7) is 2.01. The second-order valence-corrected chi connectivity index (χ2v) is 4.78. The maximum absolute atomic E-state index is 13.6. The van der Waals surface area contributed by atoms with Gasteiger partial charge in [-0.3, -0.25) is 0 Å². The Morgan fingerprint density at radius 1 is 1.29 bits per heavy atom. The minimum atomic E-state index is -0.634. The molecule has 0 amide bonds. The van der Waals surface area contributed by atoms with E-state index in [1.807, 2.05) is 6.92 Å². The highest BCUT2D eigenvalue weighted by atomic mass is 32.1. The van der Waals surface area contributed by atoms with Gasteiger partial charge in [-0.25, -0.2) is 13.8 Å². The average Bonchev–Trinajstić information content (AvgIpc) is 2.60. The molecule has 0 spiro atoms. The van der Waals surface area contributed by atoms with Crippen LogP contribution in [0.2, 0.25) is 0 Å². The van der Waals surface area contributed by atoms with Crippen LogP contribution in [0, 0.1) is 11.6 Å². The molecule has 0 radical (unpaired) electrons. The molecular formula is C12H12F2N2S. The lowest BCUT2D eigenvalue weighted by Crippen LogP contribution is -1.93. The van der Waals surface area contributed by atoms with Crippen LogP contribution < -0.4 is 5.73 Å². The third kappa shape index (κ3) is 2.29. The summed E-state index contributed by atoms with van der Waals surface area (Å²) in [6.07, 6.45) is 1.69. The van der Waals surface area contributed by atoms with E-state index in [9.17, 15) is 8.78 Å². The Labute approximate surface area is 102 Å². The lowest BCUT2D eigenvalue weighted by molar-refractivity contribution is 0.589. The van der Waals surface area contributed by atoms with Gasteiger partial charge in [-0.15, -0.1) is 11.3 Å². The molecule has 0 aliphatic rings. The molecule has 1 heterocycles. The van der Waals surface area contributed by atoms with Crippen LogP contribution in [0.4, 0.5) is 13.8 Å². The zero-order valence-electron chi connectivity index (χ0n) is 9.34.